The predicted octanol–water partition coefficient (Wildman–Crippen LogP) is 3.90. The molecule has 0 amide bonds. The standard InChI is InChI=1S/C14H19Cl2NO/c1-8-11(5-6-17)14(18-7-10-3-4-10)13(16)9(2)12(8)15/h10H,3-7,17H2,1-2H3. The molecule has 0 unspecified atom stereocenters. The van der Waals surface area contributed by atoms with Crippen molar-refractivity contribution in [2.75, 3.05) is 13.2 Å². The fourth-order valence-corrected chi connectivity index (χ4v) is 2.58. The van der Waals surface area contributed by atoms with E-state index in [1.54, 1.807) is 0 Å². The Kier molecular flexibility index (Phi) is 4.41. The molecule has 1 aliphatic carbocycles. The highest BCUT2D eigenvalue weighted by Crippen LogP contribution is 2.41. The van der Waals surface area contributed by atoms with Crippen LogP contribution in [0, 0.1) is 19.8 Å². The van der Waals surface area contributed by atoms with E-state index in [1.807, 2.05) is 13.8 Å². The molecule has 1 fully saturated rings. The zero-order valence-corrected chi connectivity index (χ0v) is 12.4. The Morgan fingerprint density at radius 1 is 1.17 bits per heavy atom. The summed E-state index contributed by atoms with van der Waals surface area (Å²) in [6.07, 6.45) is 3.26. The van der Waals surface area contributed by atoms with Crippen LogP contribution >= 0.6 is 23.2 Å². The van der Waals surface area contributed by atoms with Gasteiger partial charge in [0.15, 0.2) is 0 Å². The van der Waals surface area contributed by atoms with Crippen LogP contribution in [0.2, 0.25) is 10.0 Å². The van der Waals surface area contributed by atoms with E-state index in [1.165, 1.54) is 12.8 Å². The monoisotopic (exact) mass is 287 g/mol. The summed E-state index contributed by atoms with van der Waals surface area (Å²) in [6.45, 7) is 5.24. The summed E-state index contributed by atoms with van der Waals surface area (Å²) in [4.78, 5) is 0. The summed E-state index contributed by atoms with van der Waals surface area (Å²) in [5, 5.41) is 1.36. The summed E-state index contributed by atoms with van der Waals surface area (Å²) >= 11 is 12.7. The molecule has 0 atom stereocenters. The maximum Gasteiger partial charge on any atom is 0.141 e. The van der Waals surface area contributed by atoms with Gasteiger partial charge in [0.05, 0.1) is 11.6 Å². The van der Waals surface area contributed by atoms with Gasteiger partial charge in [-0.25, -0.2) is 0 Å². The third kappa shape index (κ3) is 2.76. The second-order valence-electron chi connectivity index (χ2n) is 4.98. The number of hydrogen-bond donors (Lipinski definition) is 1. The van der Waals surface area contributed by atoms with Crippen LogP contribution in [0.4, 0.5) is 0 Å². The molecule has 2 rings (SSSR count). The first-order valence-corrected chi connectivity index (χ1v) is 7.11. The number of ether oxygens (including phenoxy) is 1. The van der Waals surface area contributed by atoms with Gasteiger partial charge in [-0.3, -0.25) is 0 Å². The molecule has 0 heterocycles. The van der Waals surface area contributed by atoms with Gasteiger partial charge in [0.1, 0.15) is 5.75 Å². The van der Waals surface area contributed by atoms with E-state index in [-0.39, 0.29) is 0 Å². The highest BCUT2D eigenvalue weighted by atomic mass is 35.5. The first-order chi connectivity index (χ1) is 8.56. The molecule has 0 aromatic heterocycles. The Morgan fingerprint density at radius 2 is 1.83 bits per heavy atom. The molecule has 100 valence electrons. The first kappa shape index (κ1) is 14.0. The zero-order chi connectivity index (χ0) is 13.3. The maximum atomic E-state index is 6.36. The van der Waals surface area contributed by atoms with Crippen molar-refractivity contribution in [1.29, 1.82) is 0 Å². The highest BCUT2D eigenvalue weighted by molar-refractivity contribution is 6.37. The lowest BCUT2D eigenvalue weighted by Crippen LogP contribution is -2.10. The smallest absolute Gasteiger partial charge is 0.141 e. The van der Waals surface area contributed by atoms with Gasteiger partial charge in [0.25, 0.3) is 0 Å². The fraction of sp³-hybridized carbons (Fsp3) is 0.571. The molecule has 0 spiro atoms. The Balaban J connectivity index is 2.38. The number of benzene rings is 1. The van der Waals surface area contributed by atoms with E-state index in [2.05, 4.69) is 0 Å². The van der Waals surface area contributed by atoms with Gasteiger partial charge in [0.2, 0.25) is 0 Å². The van der Waals surface area contributed by atoms with Crippen LogP contribution in [-0.2, 0) is 6.42 Å². The molecular formula is C14H19Cl2NO. The van der Waals surface area contributed by atoms with Crippen molar-refractivity contribution in [3.8, 4) is 5.75 Å². The Hall–Kier alpha value is -0.440. The van der Waals surface area contributed by atoms with Crippen molar-refractivity contribution >= 4 is 23.2 Å². The van der Waals surface area contributed by atoms with Crippen molar-refractivity contribution < 1.29 is 4.74 Å². The lowest BCUT2D eigenvalue weighted by Gasteiger charge is -2.18. The topological polar surface area (TPSA) is 35.2 Å². The predicted molar refractivity (Wildman–Crippen MR) is 76.9 cm³/mol. The van der Waals surface area contributed by atoms with Crippen molar-refractivity contribution in [2.24, 2.45) is 11.7 Å². The Labute approximate surface area is 118 Å². The van der Waals surface area contributed by atoms with E-state index < -0.39 is 0 Å². The third-order valence-corrected chi connectivity index (χ3v) is 4.49. The van der Waals surface area contributed by atoms with Gasteiger partial charge < -0.3 is 10.5 Å². The largest absolute Gasteiger partial charge is 0.491 e. The zero-order valence-electron chi connectivity index (χ0n) is 10.9. The van der Waals surface area contributed by atoms with Crippen molar-refractivity contribution in [3.05, 3.63) is 26.7 Å². The molecule has 1 aromatic rings. The van der Waals surface area contributed by atoms with Crippen molar-refractivity contribution in [2.45, 2.75) is 33.1 Å². The Bertz CT molecular complexity index is 456. The number of halogens is 2. The fourth-order valence-electron chi connectivity index (χ4n) is 2.06. The van der Waals surface area contributed by atoms with Crippen molar-refractivity contribution in [1.82, 2.24) is 0 Å². The first-order valence-electron chi connectivity index (χ1n) is 6.36. The van der Waals surface area contributed by atoms with Gasteiger partial charge in [-0.15, -0.1) is 0 Å². The van der Waals surface area contributed by atoms with Crippen LogP contribution in [0.3, 0.4) is 0 Å². The van der Waals surface area contributed by atoms with Crippen LogP contribution in [0.1, 0.15) is 29.5 Å². The molecule has 1 saturated carbocycles. The van der Waals surface area contributed by atoms with E-state index in [0.717, 1.165) is 40.5 Å². The quantitative estimate of drug-likeness (QED) is 0.891. The van der Waals surface area contributed by atoms with Crippen LogP contribution in [0.25, 0.3) is 0 Å². The van der Waals surface area contributed by atoms with Gasteiger partial charge in [-0.1, -0.05) is 23.2 Å². The van der Waals surface area contributed by atoms with E-state index >= 15 is 0 Å². The molecule has 2 N–H and O–H groups in total. The summed E-state index contributed by atoms with van der Waals surface area (Å²) in [7, 11) is 0. The minimum Gasteiger partial charge on any atom is -0.491 e. The van der Waals surface area contributed by atoms with E-state index in [9.17, 15) is 0 Å². The molecule has 0 saturated heterocycles. The van der Waals surface area contributed by atoms with E-state index in [4.69, 9.17) is 33.7 Å². The molecule has 0 bridgehead atoms. The summed E-state index contributed by atoms with van der Waals surface area (Å²) in [6, 6.07) is 0. The van der Waals surface area contributed by atoms with Gasteiger partial charge in [0, 0.05) is 10.6 Å². The second kappa shape index (κ2) is 5.68. The number of nitrogens with two attached hydrogens (primary N) is 1. The minimum atomic E-state index is 0.566. The van der Waals surface area contributed by atoms with Crippen LogP contribution < -0.4 is 10.5 Å². The minimum absolute atomic E-state index is 0.566. The van der Waals surface area contributed by atoms with E-state index in [0.29, 0.717) is 17.5 Å². The average molecular weight is 288 g/mol. The second-order valence-corrected chi connectivity index (χ2v) is 5.73. The number of rotatable bonds is 5. The average Bonchev–Trinajstić information content (AvgIpc) is 3.17. The summed E-state index contributed by atoms with van der Waals surface area (Å²) < 4.78 is 5.91. The summed E-state index contributed by atoms with van der Waals surface area (Å²) in [5.41, 5.74) is 8.65. The molecule has 1 aromatic carbocycles. The van der Waals surface area contributed by atoms with Gasteiger partial charge >= 0.3 is 0 Å². The van der Waals surface area contributed by atoms with Crippen LogP contribution in [0.15, 0.2) is 0 Å². The molecule has 0 radical (unpaired) electrons. The molecule has 1 aliphatic rings. The van der Waals surface area contributed by atoms with Gasteiger partial charge in [-0.05, 0) is 56.7 Å². The summed E-state index contributed by atoms with van der Waals surface area (Å²) in [5.74, 6) is 1.48. The van der Waals surface area contributed by atoms with Crippen LogP contribution in [0.5, 0.6) is 5.75 Å². The Morgan fingerprint density at radius 3 is 2.39 bits per heavy atom. The highest BCUT2D eigenvalue weighted by Gasteiger charge is 2.24. The molecule has 0 aliphatic heterocycles. The normalized spacial score (nSPS) is 14.9. The van der Waals surface area contributed by atoms with Gasteiger partial charge in [-0.2, -0.15) is 0 Å². The van der Waals surface area contributed by atoms with Crippen molar-refractivity contribution in [3.63, 3.8) is 0 Å². The molecular weight excluding hydrogens is 269 g/mol. The lowest BCUT2D eigenvalue weighted by molar-refractivity contribution is 0.296. The molecule has 4 heteroatoms. The van der Waals surface area contributed by atoms with Crippen LogP contribution in [-0.4, -0.2) is 13.2 Å². The SMILES string of the molecule is Cc1c(Cl)c(C)c(CCN)c(OCC2CC2)c1Cl. The molecule has 2 nitrogen and oxygen atoms in total. The number of hydrogen-bond acceptors (Lipinski definition) is 2. The molecule has 18 heavy (non-hydrogen) atoms. The lowest BCUT2D eigenvalue weighted by atomic mass is 10.0. The third-order valence-electron chi connectivity index (χ3n) is 3.47. The maximum absolute atomic E-state index is 6.36.